The molecular weight excluding hydrogens is 172 g/mol. The minimum absolute atomic E-state index is 0.660. The second-order valence-electron chi connectivity index (χ2n) is 4.88. The lowest BCUT2D eigenvalue weighted by Gasteiger charge is -2.31. The van der Waals surface area contributed by atoms with E-state index in [4.69, 9.17) is 0 Å². The molecule has 0 bridgehead atoms. The Morgan fingerprint density at radius 2 is 2.00 bits per heavy atom. The van der Waals surface area contributed by atoms with E-state index >= 15 is 0 Å². The molecule has 0 aliphatic heterocycles. The average Bonchev–Trinajstić information content (AvgIpc) is 2.94. The number of hydrogen-bond donors (Lipinski definition) is 1. The van der Waals surface area contributed by atoms with Crippen LogP contribution in [0.3, 0.4) is 0 Å². The summed E-state index contributed by atoms with van der Waals surface area (Å²) in [4.78, 5) is 2.50. The largest absolute Gasteiger partial charge is 0.312 e. The Morgan fingerprint density at radius 1 is 1.36 bits per heavy atom. The predicted octanol–water partition coefficient (Wildman–Crippen LogP) is 2.25. The molecule has 0 aromatic carbocycles. The van der Waals surface area contributed by atoms with Crippen molar-refractivity contribution in [3.05, 3.63) is 0 Å². The fourth-order valence-corrected chi connectivity index (χ4v) is 1.79. The summed E-state index contributed by atoms with van der Waals surface area (Å²) in [5.74, 6) is 0. The van der Waals surface area contributed by atoms with Gasteiger partial charge >= 0.3 is 0 Å². The lowest BCUT2D eigenvalue weighted by molar-refractivity contribution is 0.180. The van der Waals surface area contributed by atoms with Gasteiger partial charge in [0.15, 0.2) is 0 Å². The van der Waals surface area contributed by atoms with Crippen LogP contribution in [0.2, 0.25) is 0 Å². The zero-order chi connectivity index (χ0) is 10.6. The molecule has 0 saturated heterocycles. The Hall–Kier alpha value is -0.0800. The fraction of sp³-hybridized carbons (Fsp3) is 1.00. The quantitative estimate of drug-likeness (QED) is 0.675. The van der Waals surface area contributed by atoms with Gasteiger partial charge < -0.3 is 5.32 Å². The van der Waals surface area contributed by atoms with Crippen LogP contribution in [0.5, 0.6) is 0 Å². The lowest BCUT2D eigenvalue weighted by Crippen LogP contribution is -2.43. The Bertz CT molecular complexity index is 152. The van der Waals surface area contributed by atoms with Gasteiger partial charge in [0.25, 0.3) is 0 Å². The fourth-order valence-electron chi connectivity index (χ4n) is 1.79. The van der Waals surface area contributed by atoms with Crippen molar-refractivity contribution in [1.82, 2.24) is 10.2 Å². The highest BCUT2D eigenvalue weighted by molar-refractivity contribution is 4.84. The Kier molecular flexibility index (Phi) is 4.90. The molecule has 1 aliphatic rings. The topological polar surface area (TPSA) is 15.3 Å². The van der Waals surface area contributed by atoms with Crippen LogP contribution in [0.4, 0.5) is 0 Å². The number of hydrogen-bond acceptors (Lipinski definition) is 2. The van der Waals surface area contributed by atoms with E-state index in [1.165, 1.54) is 32.2 Å². The highest BCUT2D eigenvalue weighted by Gasteiger charge is 2.23. The van der Waals surface area contributed by atoms with Crippen molar-refractivity contribution in [2.45, 2.75) is 64.6 Å². The molecule has 0 radical (unpaired) electrons. The molecule has 0 aromatic rings. The first kappa shape index (κ1) is 12.0. The van der Waals surface area contributed by atoms with Gasteiger partial charge in [-0.3, -0.25) is 4.90 Å². The first-order valence-corrected chi connectivity index (χ1v) is 6.10. The molecule has 2 nitrogen and oxygen atoms in total. The molecule has 2 heteroatoms. The molecule has 0 heterocycles. The molecule has 0 aromatic heterocycles. The molecule has 0 amide bonds. The maximum absolute atomic E-state index is 3.64. The van der Waals surface area contributed by atoms with Gasteiger partial charge in [0.05, 0.1) is 0 Å². The Balaban J connectivity index is 2.27. The molecule has 14 heavy (non-hydrogen) atoms. The number of nitrogens with zero attached hydrogens (tertiary/aromatic N) is 1. The molecule has 0 spiro atoms. The Morgan fingerprint density at radius 3 is 2.43 bits per heavy atom. The van der Waals surface area contributed by atoms with E-state index in [0.717, 1.165) is 12.1 Å². The van der Waals surface area contributed by atoms with Crippen molar-refractivity contribution in [1.29, 1.82) is 0 Å². The third kappa shape index (κ3) is 3.97. The number of likely N-dealkylation sites (N-methyl/N-ethyl adjacent to an activating group) is 1. The van der Waals surface area contributed by atoms with Crippen LogP contribution in [-0.2, 0) is 0 Å². The normalized spacial score (nSPS) is 19.3. The number of rotatable bonds is 7. The maximum atomic E-state index is 3.64. The number of nitrogens with one attached hydrogen (secondary N) is 1. The van der Waals surface area contributed by atoms with Gasteiger partial charge in [0.1, 0.15) is 0 Å². The van der Waals surface area contributed by atoms with Crippen LogP contribution in [0.15, 0.2) is 0 Å². The first-order valence-electron chi connectivity index (χ1n) is 6.10. The average molecular weight is 198 g/mol. The molecule has 84 valence electrons. The van der Waals surface area contributed by atoms with E-state index in [0.29, 0.717) is 6.04 Å². The summed E-state index contributed by atoms with van der Waals surface area (Å²) in [6, 6.07) is 2.23. The summed E-state index contributed by atoms with van der Waals surface area (Å²) in [6.07, 6.45) is 5.39. The van der Waals surface area contributed by atoms with Gasteiger partial charge in [-0.2, -0.15) is 0 Å². The van der Waals surface area contributed by atoms with Gasteiger partial charge in [-0.15, -0.1) is 0 Å². The summed E-state index contributed by atoms with van der Waals surface area (Å²) in [6.45, 7) is 8.01. The maximum Gasteiger partial charge on any atom is 0.0220 e. The van der Waals surface area contributed by atoms with E-state index in [1.807, 2.05) is 0 Å². The van der Waals surface area contributed by atoms with Crippen LogP contribution in [0.25, 0.3) is 0 Å². The van der Waals surface area contributed by atoms with Crippen molar-refractivity contribution in [2.24, 2.45) is 0 Å². The Labute approximate surface area is 89.1 Å². The monoisotopic (exact) mass is 198 g/mol. The standard InChI is InChI=1S/C12H26N2/c1-5-6-12(14(4)10(2)3)9-13-11-7-8-11/h10-13H,5-9H2,1-4H3. The first-order chi connectivity index (χ1) is 6.65. The second kappa shape index (κ2) is 5.72. The summed E-state index contributed by atoms with van der Waals surface area (Å²) in [5.41, 5.74) is 0. The van der Waals surface area contributed by atoms with E-state index < -0.39 is 0 Å². The van der Waals surface area contributed by atoms with Crippen molar-refractivity contribution in [2.75, 3.05) is 13.6 Å². The molecule has 1 unspecified atom stereocenters. The molecule has 1 fully saturated rings. The van der Waals surface area contributed by atoms with Crippen LogP contribution < -0.4 is 5.32 Å². The SMILES string of the molecule is CCCC(CNC1CC1)N(C)C(C)C. The molecule has 1 saturated carbocycles. The minimum Gasteiger partial charge on any atom is -0.312 e. The van der Waals surface area contributed by atoms with E-state index in [1.54, 1.807) is 0 Å². The molecule has 1 N–H and O–H groups in total. The van der Waals surface area contributed by atoms with Crippen molar-refractivity contribution < 1.29 is 0 Å². The van der Waals surface area contributed by atoms with E-state index in [2.05, 4.69) is 38.0 Å². The summed E-state index contributed by atoms with van der Waals surface area (Å²) >= 11 is 0. The van der Waals surface area contributed by atoms with E-state index in [-0.39, 0.29) is 0 Å². The van der Waals surface area contributed by atoms with Gasteiger partial charge in [-0.05, 0) is 40.2 Å². The second-order valence-corrected chi connectivity index (χ2v) is 4.88. The van der Waals surface area contributed by atoms with Gasteiger partial charge in [0, 0.05) is 24.7 Å². The molecule has 1 rings (SSSR count). The lowest BCUT2D eigenvalue weighted by atomic mass is 10.1. The van der Waals surface area contributed by atoms with E-state index in [9.17, 15) is 0 Å². The summed E-state index contributed by atoms with van der Waals surface area (Å²) in [7, 11) is 2.25. The minimum atomic E-state index is 0.660. The van der Waals surface area contributed by atoms with Crippen molar-refractivity contribution in [3.63, 3.8) is 0 Å². The predicted molar refractivity (Wildman–Crippen MR) is 62.6 cm³/mol. The van der Waals surface area contributed by atoms with Gasteiger partial charge in [-0.1, -0.05) is 13.3 Å². The zero-order valence-corrected chi connectivity index (χ0v) is 10.2. The highest BCUT2D eigenvalue weighted by atomic mass is 15.2. The van der Waals surface area contributed by atoms with Gasteiger partial charge in [-0.25, -0.2) is 0 Å². The third-order valence-corrected chi connectivity index (χ3v) is 3.23. The summed E-state index contributed by atoms with van der Waals surface area (Å²) in [5, 5.41) is 3.64. The molecule has 1 aliphatic carbocycles. The smallest absolute Gasteiger partial charge is 0.0220 e. The van der Waals surface area contributed by atoms with Crippen molar-refractivity contribution >= 4 is 0 Å². The van der Waals surface area contributed by atoms with Crippen LogP contribution in [0, 0.1) is 0 Å². The van der Waals surface area contributed by atoms with Crippen molar-refractivity contribution in [3.8, 4) is 0 Å². The van der Waals surface area contributed by atoms with Crippen LogP contribution in [0.1, 0.15) is 46.5 Å². The third-order valence-electron chi connectivity index (χ3n) is 3.23. The van der Waals surface area contributed by atoms with Crippen LogP contribution >= 0.6 is 0 Å². The van der Waals surface area contributed by atoms with Crippen LogP contribution in [-0.4, -0.2) is 36.6 Å². The highest BCUT2D eigenvalue weighted by Crippen LogP contribution is 2.19. The molecular formula is C12H26N2. The molecule has 1 atom stereocenters. The summed E-state index contributed by atoms with van der Waals surface area (Å²) < 4.78 is 0. The van der Waals surface area contributed by atoms with Gasteiger partial charge in [0.2, 0.25) is 0 Å². The zero-order valence-electron chi connectivity index (χ0n) is 10.2.